The number of aromatic nitrogens is 3. The minimum Gasteiger partial charge on any atom is -0.497 e. The first-order valence-corrected chi connectivity index (χ1v) is 11.3. The van der Waals surface area contributed by atoms with Crippen LogP contribution in [0.2, 0.25) is 0 Å². The first kappa shape index (κ1) is 24.1. The van der Waals surface area contributed by atoms with E-state index < -0.39 is 0 Å². The van der Waals surface area contributed by atoms with Gasteiger partial charge in [0.15, 0.2) is 11.0 Å². The Balaban J connectivity index is 1.51. The first-order valence-electron chi connectivity index (χ1n) is 10.3. The van der Waals surface area contributed by atoms with Crippen molar-refractivity contribution in [2.24, 2.45) is 7.05 Å². The van der Waals surface area contributed by atoms with Crippen LogP contribution in [-0.2, 0) is 23.1 Å². The van der Waals surface area contributed by atoms with Crippen molar-refractivity contribution in [1.29, 1.82) is 0 Å². The topological polar surface area (TPSA) is 107 Å². The van der Waals surface area contributed by atoms with E-state index in [1.165, 1.54) is 11.8 Å². The number of nitrogens with zero attached hydrogens (tertiary/aromatic N) is 3. The van der Waals surface area contributed by atoms with Gasteiger partial charge in [-0.15, -0.1) is 10.2 Å². The maximum absolute atomic E-state index is 12.4. The van der Waals surface area contributed by atoms with Crippen molar-refractivity contribution in [1.82, 2.24) is 20.1 Å². The van der Waals surface area contributed by atoms with Crippen LogP contribution in [0, 0.1) is 0 Å². The maximum atomic E-state index is 12.4. The van der Waals surface area contributed by atoms with Gasteiger partial charge in [-0.25, -0.2) is 0 Å². The lowest BCUT2D eigenvalue weighted by Gasteiger charge is -2.14. The van der Waals surface area contributed by atoms with Crippen molar-refractivity contribution in [2.75, 3.05) is 25.3 Å². The fraction of sp³-hybridized carbons (Fsp3) is 0.304. The Hall–Kier alpha value is -3.53. The standard InChI is InChI=1S/C23H27N5O4S/c1-15(24-20(29)13-16-5-9-18(31-3)10-6-16)22-26-27-23(28(22)2)33-14-21(30)25-17-7-11-19(32-4)12-8-17/h5-12,15H,13-14H2,1-4H3,(H,24,29)(H,25,30)/t15-/m0/s1. The number of thioether (sulfide) groups is 1. The highest BCUT2D eigenvalue weighted by molar-refractivity contribution is 7.99. The molecule has 0 aliphatic heterocycles. The van der Waals surface area contributed by atoms with E-state index in [1.807, 2.05) is 38.2 Å². The molecule has 0 aliphatic rings. The molecule has 0 saturated heterocycles. The molecular weight excluding hydrogens is 442 g/mol. The second kappa shape index (κ2) is 11.4. The lowest BCUT2D eigenvalue weighted by Crippen LogP contribution is -2.29. The lowest BCUT2D eigenvalue weighted by molar-refractivity contribution is -0.121. The van der Waals surface area contributed by atoms with Crippen LogP contribution in [0.3, 0.4) is 0 Å². The molecule has 10 heteroatoms. The van der Waals surface area contributed by atoms with Gasteiger partial charge in [-0.05, 0) is 48.9 Å². The van der Waals surface area contributed by atoms with Crippen LogP contribution in [0.4, 0.5) is 5.69 Å². The highest BCUT2D eigenvalue weighted by atomic mass is 32.2. The fourth-order valence-corrected chi connectivity index (χ4v) is 3.83. The Morgan fingerprint density at radius 2 is 1.58 bits per heavy atom. The molecule has 174 valence electrons. The molecule has 0 spiro atoms. The Morgan fingerprint density at radius 3 is 2.18 bits per heavy atom. The number of ether oxygens (including phenoxy) is 2. The number of hydrogen-bond acceptors (Lipinski definition) is 7. The summed E-state index contributed by atoms with van der Waals surface area (Å²) in [5, 5.41) is 14.7. The molecule has 0 aliphatic carbocycles. The molecule has 0 bridgehead atoms. The highest BCUT2D eigenvalue weighted by Crippen LogP contribution is 2.20. The molecule has 1 atom stereocenters. The molecule has 0 radical (unpaired) electrons. The van der Waals surface area contributed by atoms with Crippen LogP contribution in [0.15, 0.2) is 53.7 Å². The molecule has 2 amide bonds. The maximum Gasteiger partial charge on any atom is 0.234 e. The normalized spacial score (nSPS) is 11.5. The van der Waals surface area contributed by atoms with Crippen LogP contribution in [0.5, 0.6) is 11.5 Å². The summed E-state index contributed by atoms with van der Waals surface area (Å²) in [5.74, 6) is 1.97. The molecule has 0 unspecified atom stereocenters. The average molecular weight is 470 g/mol. The largest absolute Gasteiger partial charge is 0.497 e. The minimum absolute atomic E-state index is 0.122. The monoisotopic (exact) mass is 469 g/mol. The number of carbonyl (C=O) groups excluding carboxylic acids is 2. The Morgan fingerprint density at radius 1 is 0.970 bits per heavy atom. The number of carbonyl (C=O) groups is 2. The Labute approximate surface area is 196 Å². The summed E-state index contributed by atoms with van der Waals surface area (Å²) in [6, 6.07) is 14.1. The number of anilines is 1. The molecule has 33 heavy (non-hydrogen) atoms. The molecule has 1 aromatic heterocycles. The van der Waals surface area contributed by atoms with Crippen LogP contribution >= 0.6 is 11.8 Å². The van der Waals surface area contributed by atoms with E-state index in [-0.39, 0.29) is 30.0 Å². The van der Waals surface area contributed by atoms with Crippen LogP contribution < -0.4 is 20.1 Å². The van der Waals surface area contributed by atoms with Crippen molar-refractivity contribution in [2.45, 2.75) is 24.5 Å². The molecule has 0 saturated carbocycles. The quantitative estimate of drug-likeness (QED) is 0.440. The first-order chi connectivity index (χ1) is 15.9. The zero-order chi connectivity index (χ0) is 23.8. The predicted molar refractivity (Wildman–Crippen MR) is 127 cm³/mol. The van der Waals surface area contributed by atoms with Gasteiger partial charge in [0.25, 0.3) is 0 Å². The van der Waals surface area contributed by atoms with Crippen molar-refractivity contribution < 1.29 is 19.1 Å². The van der Waals surface area contributed by atoms with E-state index in [0.29, 0.717) is 16.7 Å². The summed E-state index contributed by atoms with van der Waals surface area (Å²) in [5.41, 5.74) is 1.57. The third-order valence-corrected chi connectivity index (χ3v) is 5.88. The van der Waals surface area contributed by atoms with Crippen LogP contribution in [0.1, 0.15) is 24.4 Å². The van der Waals surface area contributed by atoms with Gasteiger partial charge in [-0.3, -0.25) is 9.59 Å². The van der Waals surface area contributed by atoms with Gasteiger partial charge in [0.2, 0.25) is 11.8 Å². The summed E-state index contributed by atoms with van der Waals surface area (Å²) in [6.07, 6.45) is 0.249. The van der Waals surface area contributed by atoms with E-state index >= 15 is 0 Å². The van der Waals surface area contributed by atoms with Gasteiger partial charge in [0.1, 0.15) is 11.5 Å². The van der Waals surface area contributed by atoms with Crippen molar-refractivity contribution in [3.05, 3.63) is 59.9 Å². The summed E-state index contributed by atoms with van der Waals surface area (Å²) in [7, 11) is 5.00. The smallest absolute Gasteiger partial charge is 0.234 e. The Bertz CT molecular complexity index is 1080. The van der Waals surface area contributed by atoms with E-state index in [4.69, 9.17) is 9.47 Å². The van der Waals surface area contributed by atoms with E-state index in [0.717, 1.165) is 17.1 Å². The third kappa shape index (κ3) is 6.72. The van der Waals surface area contributed by atoms with Crippen LogP contribution in [0.25, 0.3) is 0 Å². The summed E-state index contributed by atoms with van der Waals surface area (Å²) in [4.78, 5) is 24.7. The zero-order valence-electron chi connectivity index (χ0n) is 19.0. The summed E-state index contributed by atoms with van der Waals surface area (Å²) >= 11 is 1.27. The zero-order valence-corrected chi connectivity index (χ0v) is 19.8. The second-order valence-corrected chi connectivity index (χ2v) is 8.22. The van der Waals surface area contributed by atoms with Crippen molar-refractivity contribution in [3.63, 3.8) is 0 Å². The van der Waals surface area contributed by atoms with Gasteiger partial charge in [-0.2, -0.15) is 0 Å². The molecule has 3 aromatic rings. The molecule has 2 aromatic carbocycles. The summed E-state index contributed by atoms with van der Waals surface area (Å²) in [6.45, 7) is 1.85. The number of nitrogens with one attached hydrogen (secondary N) is 2. The van der Waals surface area contributed by atoms with E-state index in [2.05, 4.69) is 20.8 Å². The molecule has 0 fully saturated rings. The van der Waals surface area contributed by atoms with Gasteiger partial charge in [0.05, 0.1) is 32.4 Å². The predicted octanol–water partition coefficient (Wildman–Crippen LogP) is 2.98. The molecule has 2 N–H and O–H groups in total. The molecule has 1 heterocycles. The second-order valence-electron chi connectivity index (χ2n) is 7.28. The number of amides is 2. The van der Waals surface area contributed by atoms with Gasteiger partial charge in [-0.1, -0.05) is 23.9 Å². The van der Waals surface area contributed by atoms with Gasteiger partial charge >= 0.3 is 0 Å². The highest BCUT2D eigenvalue weighted by Gasteiger charge is 2.18. The number of rotatable bonds is 10. The van der Waals surface area contributed by atoms with Gasteiger partial charge in [0, 0.05) is 12.7 Å². The number of hydrogen-bond donors (Lipinski definition) is 2. The molecule has 3 rings (SSSR count). The van der Waals surface area contributed by atoms with E-state index in [1.54, 1.807) is 43.1 Å². The third-order valence-electron chi connectivity index (χ3n) is 4.86. The van der Waals surface area contributed by atoms with Crippen molar-refractivity contribution >= 4 is 29.3 Å². The van der Waals surface area contributed by atoms with Gasteiger partial charge < -0.3 is 24.7 Å². The number of methoxy groups -OCH3 is 2. The fourth-order valence-electron chi connectivity index (χ4n) is 3.12. The SMILES string of the molecule is COc1ccc(CC(=O)N[C@@H](C)c2nnc(SCC(=O)Nc3ccc(OC)cc3)n2C)cc1. The van der Waals surface area contributed by atoms with E-state index in [9.17, 15) is 9.59 Å². The Kier molecular flexibility index (Phi) is 8.31. The number of benzene rings is 2. The molecular formula is C23H27N5O4S. The van der Waals surface area contributed by atoms with Crippen LogP contribution in [-0.4, -0.2) is 46.6 Å². The van der Waals surface area contributed by atoms with Crippen molar-refractivity contribution in [3.8, 4) is 11.5 Å². The minimum atomic E-state index is -0.337. The molecule has 9 nitrogen and oxygen atoms in total. The average Bonchev–Trinajstić information content (AvgIpc) is 3.19. The lowest BCUT2D eigenvalue weighted by atomic mass is 10.1. The summed E-state index contributed by atoms with van der Waals surface area (Å²) < 4.78 is 12.0.